The van der Waals surface area contributed by atoms with E-state index in [1.165, 1.54) is 12.4 Å². The molecule has 0 aliphatic rings. The first-order valence-corrected chi connectivity index (χ1v) is 3.14. The van der Waals surface area contributed by atoms with E-state index in [4.69, 9.17) is 10.5 Å². The fraction of sp³-hybridized carbons (Fsp3) is 0. The van der Waals surface area contributed by atoms with Gasteiger partial charge < -0.3 is 0 Å². The van der Waals surface area contributed by atoms with Crippen molar-refractivity contribution in [3.05, 3.63) is 29.9 Å². The van der Waals surface area contributed by atoms with Crippen LogP contribution in [-0.2, 0) is 0 Å². The van der Waals surface area contributed by atoms with Gasteiger partial charge in [0.05, 0.1) is 5.69 Å². The first-order valence-electron chi connectivity index (χ1n) is 3.14. The molecule has 0 spiro atoms. The smallest absolute Gasteiger partial charge is 0.131 e. The highest BCUT2D eigenvalue weighted by Crippen LogP contribution is 1.99. The summed E-state index contributed by atoms with van der Waals surface area (Å²) in [5.74, 6) is 0. The molecule has 0 aromatic carbocycles. The molecule has 1 heterocycles. The van der Waals surface area contributed by atoms with Crippen molar-refractivity contribution in [1.82, 2.24) is 9.97 Å². The van der Waals surface area contributed by atoms with Crippen molar-refractivity contribution in [2.45, 2.75) is 0 Å². The Kier molecular flexibility index (Phi) is 2.53. The van der Waals surface area contributed by atoms with Crippen molar-refractivity contribution < 1.29 is 0 Å². The van der Waals surface area contributed by atoms with Crippen LogP contribution in [0.4, 0.5) is 0 Å². The van der Waals surface area contributed by atoms with E-state index in [1.807, 2.05) is 0 Å². The molecule has 0 aliphatic carbocycles. The van der Waals surface area contributed by atoms with Crippen molar-refractivity contribution >= 4 is 6.08 Å². The van der Waals surface area contributed by atoms with Crippen LogP contribution in [0.3, 0.4) is 0 Å². The fourth-order valence-corrected chi connectivity index (χ4v) is 0.624. The summed E-state index contributed by atoms with van der Waals surface area (Å²) in [5, 5.41) is 16.8. The van der Waals surface area contributed by atoms with Gasteiger partial charge >= 0.3 is 0 Å². The Bertz CT molecular complexity index is 350. The fourth-order valence-electron chi connectivity index (χ4n) is 0.624. The molecule has 1 rings (SSSR count). The lowest BCUT2D eigenvalue weighted by atomic mass is 10.2. The van der Waals surface area contributed by atoms with Crippen molar-refractivity contribution in [3.63, 3.8) is 0 Å². The van der Waals surface area contributed by atoms with Crippen molar-refractivity contribution in [3.8, 4) is 12.1 Å². The topological polar surface area (TPSA) is 73.4 Å². The van der Waals surface area contributed by atoms with Crippen LogP contribution in [0.1, 0.15) is 5.69 Å². The summed E-state index contributed by atoms with van der Waals surface area (Å²) in [4.78, 5) is 7.52. The monoisotopic (exact) mass is 156 g/mol. The lowest BCUT2D eigenvalue weighted by Crippen LogP contribution is -1.81. The van der Waals surface area contributed by atoms with Gasteiger partial charge in [-0.2, -0.15) is 10.5 Å². The summed E-state index contributed by atoms with van der Waals surface area (Å²) < 4.78 is 0. The molecule has 0 bridgehead atoms. The minimum absolute atomic E-state index is 0.0358. The van der Waals surface area contributed by atoms with Crippen LogP contribution < -0.4 is 0 Å². The molecule has 0 N–H and O–H groups in total. The number of hydrogen-bond donors (Lipinski definition) is 0. The molecule has 0 fully saturated rings. The normalized spacial score (nSPS) is 7.83. The Morgan fingerprint density at radius 2 is 2.17 bits per heavy atom. The molecule has 0 unspecified atom stereocenters. The predicted molar refractivity (Wildman–Crippen MR) is 41.2 cm³/mol. The first kappa shape index (κ1) is 7.90. The van der Waals surface area contributed by atoms with E-state index in [0.717, 1.165) is 0 Å². The van der Waals surface area contributed by atoms with E-state index in [-0.39, 0.29) is 5.57 Å². The second kappa shape index (κ2) is 3.85. The third-order valence-electron chi connectivity index (χ3n) is 1.14. The quantitative estimate of drug-likeness (QED) is 0.566. The summed E-state index contributed by atoms with van der Waals surface area (Å²) in [6, 6.07) is 5.10. The Morgan fingerprint density at radius 1 is 1.42 bits per heavy atom. The summed E-state index contributed by atoms with van der Waals surface area (Å²) in [6.07, 6.45) is 4.31. The Balaban J connectivity index is 2.98. The van der Waals surface area contributed by atoms with Gasteiger partial charge in [-0.05, 0) is 12.1 Å². The van der Waals surface area contributed by atoms with Crippen LogP contribution in [0.5, 0.6) is 0 Å². The second-order valence-corrected chi connectivity index (χ2v) is 1.92. The van der Waals surface area contributed by atoms with E-state index < -0.39 is 0 Å². The third-order valence-corrected chi connectivity index (χ3v) is 1.14. The molecule has 0 aliphatic heterocycles. The largest absolute Gasteiger partial charge is 0.245 e. The van der Waals surface area contributed by atoms with Gasteiger partial charge in [-0.15, -0.1) is 0 Å². The van der Waals surface area contributed by atoms with Gasteiger partial charge in [0.2, 0.25) is 0 Å². The maximum absolute atomic E-state index is 8.40. The number of allylic oxidation sites excluding steroid dienone is 1. The van der Waals surface area contributed by atoms with Crippen LogP contribution in [0.2, 0.25) is 0 Å². The number of hydrogen-bond acceptors (Lipinski definition) is 4. The number of nitrogens with zero attached hydrogens (tertiary/aromatic N) is 4. The number of nitriles is 2. The van der Waals surface area contributed by atoms with Gasteiger partial charge in [0.25, 0.3) is 0 Å². The highest BCUT2D eigenvalue weighted by Gasteiger charge is 1.92. The first-order chi connectivity index (χ1) is 5.86. The molecule has 56 valence electrons. The molecule has 0 saturated heterocycles. The molecule has 0 saturated carbocycles. The Labute approximate surface area is 69.4 Å². The van der Waals surface area contributed by atoms with Crippen LogP contribution >= 0.6 is 0 Å². The average Bonchev–Trinajstić information content (AvgIpc) is 2.16. The van der Waals surface area contributed by atoms with E-state index in [1.54, 1.807) is 24.4 Å². The minimum Gasteiger partial charge on any atom is -0.245 e. The van der Waals surface area contributed by atoms with Crippen molar-refractivity contribution in [2.75, 3.05) is 0 Å². The Morgan fingerprint density at radius 3 is 2.67 bits per heavy atom. The standard InChI is InChI=1S/C8H4N4/c9-4-7(5-10)3-8-1-2-11-6-12-8/h1-3,6H. The number of aromatic nitrogens is 2. The van der Waals surface area contributed by atoms with Gasteiger partial charge in [-0.1, -0.05) is 0 Å². The predicted octanol–water partition coefficient (Wildman–Crippen LogP) is 0.907. The third kappa shape index (κ3) is 1.89. The molecule has 4 heteroatoms. The van der Waals surface area contributed by atoms with Crippen LogP contribution in [0.25, 0.3) is 6.08 Å². The van der Waals surface area contributed by atoms with Crippen molar-refractivity contribution in [2.24, 2.45) is 0 Å². The molecule has 0 atom stereocenters. The summed E-state index contributed by atoms with van der Waals surface area (Å²) in [7, 11) is 0. The molecule has 1 aromatic rings. The van der Waals surface area contributed by atoms with E-state index in [9.17, 15) is 0 Å². The minimum atomic E-state index is 0.0358. The highest BCUT2D eigenvalue weighted by atomic mass is 14.8. The second-order valence-electron chi connectivity index (χ2n) is 1.92. The van der Waals surface area contributed by atoms with E-state index in [0.29, 0.717) is 5.69 Å². The van der Waals surface area contributed by atoms with Gasteiger partial charge in [-0.25, -0.2) is 9.97 Å². The van der Waals surface area contributed by atoms with Gasteiger partial charge in [0.1, 0.15) is 24.0 Å². The number of rotatable bonds is 1. The van der Waals surface area contributed by atoms with Crippen LogP contribution in [-0.4, -0.2) is 9.97 Å². The summed E-state index contributed by atoms with van der Waals surface area (Å²) >= 11 is 0. The lowest BCUT2D eigenvalue weighted by molar-refractivity contribution is 1.15. The van der Waals surface area contributed by atoms with Crippen LogP contribution in [0.15, 0.2) is 24.2 Å². The Hall–Kier alpha value is -2.20. The average molecular weight is 156 g/mol. The molecule has 1 aromatic heterocycles. The molecular formula is C8H4N4. The maximum atomic E-state index is 8.40. The molecule has 12 heavy (non-hydrogen) atoms. The summed E-state index contributed by atoms with van der Waals surface area (Å²) in [6.45, 7) is 0. The molecular weight excluding hydrogens is 152 g/mol. The molecule has 0 radical (unpaired) electrons. The zero-order chi connectivity index (χ0) is 8.81. The SMILES string of the molecule is N#CC(C#N)=Cc1ccncn1. The van der Waals surface area contributed by atoms with E-state index in [2.05, 4.69) is 9.97 Å². The zero-order valence-electron chi connectivity index (χ0n) is 6.10. The van der Waals surface area contributed by atoms with Crippen LogP contribution in [0, 0.1) is 22.7 Å². The maximum Gasteiger partial charge on any atom is 0.131 e. The highest BCUT2D eigenvalue weighted by molar-refractivity contribution is 5.59. The molecule has 4 nitrogen and oxygen atoms in total. The van der Waals surface area contributed by atoms with Gasteiger partial charge in [0.15, 0.2) is 0 Å². The zero-order valence-corrected chi connectivity index (χ0v) is 6.10. The van der Waals surface area contributed by atoms with Gasteiger partial charge in [0, 0.05) is 6.20 Å². The van der Waals surface area contributed by atoms with E-state index >= 15 is 0 Å². The van der Waals surface area contributed by atoms with Crippen molar-refractivity contribution in [1.29, 1.82) is 10.5 Å². The molecule has 0 amide bonds. The van der Waals surface area contributed by atoms with Gasteiger partial charge in [-0.3, -0.25) is 0 Å². The summed E-state index contributed by atoms with van der Waals surface area (Å²) in [5.41, 5.74) is 0.594. The lowest BCUT2D eigenvalue weighted by Gasteiger charge is -1.87.